The minimum atomic E-state index is -0.224. The highest BCUT2D eigenvalue weighted by Crippen LogP contribution is 2.25. The van der Waals surface area contributed by atoms with Gasteiger partial charge in [0.05, 0.1) is 16.9 Å². The molecule has 0 unspecified atom stereocenters. The Balaban J connectivity index is 1.84. The smallest absolute Gasteiger partial charge is 0.257 e. The first-order chi connectivity index (χ1) is 12.0. The highest BCUT2D eigenvalue weighted by Gasteiger charge is 2.14. The molecule has 5 heteroatoms. The third kappa shape index (κ3) is 3.77. The molecule has 5 nitrogen and oxygen atoms in total. The molecular formula is C20H19N3O2. The molecule has 0 aliphatic carbocycles. The summed E-state index contributed by atoms with van der Waals surface area (Å²) < 4.78 is 0. The maximum atomic E-state index is 12.5. The van der Waals surface area contributed by atoms with E-state index in [2.05, 4.69) is 15.6 Å². The summed E-state index contributed by atoms with van der Waals surface area (Å²) in [5.74, 6) is -0.447. The lowest BCUT2D eigenvalue weighted by atomic mass is 10.1. The van der Waals surface area contributed by atoms with Crippen LogP contribution in [0.5, 0.6) is 0 Å². The molecule has 25 heavy (non-hydrogen) atoms. The maximum Gasteiger partial charge on any atom is 0.257 e. The molecule has 2 aromatic carbocycles. The van der Waals surface area contributed by atoms with Gasteiger partial charge in [0, 0.05) is 17.5 Å². The fourth-order valence-corrected chi connectivity index (χ4v) is 2.54. The number of carbonyl (C=O) groups excluding carboxylic acids is 2. The number of H-pyrrole nitrogens is 1. The van der Waals surface area contributed by atoms with E-state index in [0.29, 0.717) is 22.5 Å². The number of benzene rings is 2. The molecule has 0 atom stereocenters. The lowest BCUT2D eigenvalue weighted by Crippen LogP contribution is -2.17. The zero-order valence-electron chi connectivity index (χ0n) is 14.1. The number of nitrogens with one attached hydrogen (secondary N) is 3. The first-order valence-electron chi connectivity index (χ1n) is 7.97. The van der Waals surface area contributed by atoms with Crippen molar-refractivity contribution < 1.29 is 9.59 Å². The van der Waals surface area contributed by atoms with Crippen molar-refractivity contribution >= 4 is 23.2 Å². The van der Waals surface area contributed by atoms with Crippen LogP contribution in [0, 0.1) is 13.8 Å². The Hall–Kier alpha value is -3.34. The highest BCUT2D eigenvalue weighted by molar-refractivity contribution is 6.10. The SMILES string of the molecule is Cc1ccc(NC(=O)c2ccccc2)c(NC(=O)c2cc[nH]c2C)c1. The average molecular weight is 333 g/mol. The number of aromatic nitrogens is 1. The van der Waals surface area contributed by atoms with Crippen molar-refractivity contribution in [2.45, 2.75) is 13.8 Å². The van der Waals surface area contributed by atoms with Crippen LogP contribution in [0.3, 0.4) is 0 Å². The summed E-state index contributed by atoms with van der Waals surface area (Å²) in [5, 5.41) is 5.74. The molecule has 0 spiro atoms. The quantitative estimate of drug-likeness (QED) is 0.671. The predicted molar refractivity (Wildman–Crippen MR) is 99.1 cm³/mol. The molecular weight excluding hydrogens is 314 g/mol. The van der Waals surface area contributed by atoms with Crippen LogP contribution >= 0.6 is 0 Å². The van der Waals surface area contributed by atoms with E-state index in [1.54, 1.807) is 42.6 Å². The van der Waals surface area contributed by atoms with Crippen LogP contribution in [0.2, 0.25) is 0 Å². The Kier molecular flexibility index (Phi) is 4.66. The van der Waals surface area contributed by atoms with E-state index in [1.165, 1.54) is 0 Å². The monoisotopic (exact) mass is 333 g/mol. The van der Waals surface area contributed by atoms with Crippen molar-refractivity contribution in [2.75, 3.05) is 10.6 Å². The third-order valence-corrected chi connectivity index (χ3v) is 3.91. The van der Waals surface area contributed by atoms with Crippen molar-refractivity contribution in [2.24, 2.45) is 0 Å². The van der Waals surface area contributed by atoms with Gasteiger partial charge in [-0.3, -0.25) is 9.59 Å². The van der Waals surface area contributed by atoms with E-state index in [1.807, 2.05) is 32.0 Å². The number of aryl methyl sites for hydroxylation is 2. The molecule has 0 aliphatic heterocycles. The molecule has 0 fully saturated rings. The molecule has 3 rings (SSSR count). The van der Waals surface area contributed by atoms with Crippen LogP contribution < -0.4 is 10.6 Å². The molecule has 0 saturated heterocycles. The Labute approximate surface area is 146 Å². The lowest BCUT2D eigenvalue weighted by Gasteiger charge is -2.13. The third-order valence-electron chi connectivity index (χ3n) is 3.91. The van der Waals surface area contributed by atoms with Crippen molar-refractivity contribution in [1.29, 1.82) is 0 Å². The van der Waals surface area contributed by atoms with Crippen molar-refractivity contribution in [3.8, 4) is 0 Å². The fourth-order valence-electron chi connectivity index (χ4n) is 2.54. The molecule has 126 valence electrons. The Morgan fingerprint density at radius 3 is 2.24 bits per heavy atom. The molecule has 3 aromatic rings. The summed E-state index contributed by atoms with van der Waals surface area (Å²) >= 11 is 0. The highest BCUT2D eigenvalue weighted by atomic mass is 16.2. The standard InChI is InChI=1S/C20H19N3O2/c1-13-8-9-17(22-19(24)15-6-4-3-5-7-15)18(12-13)23-20(25)16-10-11-21-14(16)2/h3-12,21H,1-2H3,(H,22,24)(H,23,25). The largest absolute Gasteiger partial charge is 0.365 e. The zero-order chi connectivity index (χ0) is 17.8. The molecule has 0 radical (unpaired) electrons. The van der Waals surface area contributed by atoms with Gasteiger partial charge in [-0.25, -0.2) is 0 Å². The van der Waals surface area contributed by atoms with Gasteiger partial charge in [-0.2, -0.15) is 0 Å². The summed E-state index contributed by atoms with van der Waals surface area (Å²) in [6, 6.07) is 16.2. The summed E-state index contributed by atoms with van der Waals surface area (Å²) in [7, 11) is 0. The number of aromatic amines is 1. The van der Waals surface area contributed by atoms with E-state index in [-0.39, 0.29) is 11.8 Å². The Morgan fingerprint density at radius 2 is 1.56 bits per heavy atom. The molecule has 0 bridgehead atoms. The van der Waals surface area contributed by atoms with Gasteiger partial charge in [-0.15, -0.1) is 0 Å². The predicted octanol–water partition coefficient (Wildman–Crippen LogP) is 4.14. The van der Waals surface area contributed by atoms with Crippen molar-refractivity contribution in [3.05, 3.63) is 83.2 Å². The maximum absolute atomic E-state index is 12.5. The summed E-state index contributed by atoms with van der Waals surface area (Å²) in [4.78, 5) is 27.8. The number of hydrogen-bond donors (Lipinski definition) is 3. The number of hydrogen-bond acceptors (Lipinski definition) is 2. The molecule has 2 amide bonds. The van der Waals surface area contributed by atoms with Crippen LogP contribution in [0.1, 0.15) is 32.0 Å². The van der Waals surface area contributed by atoms with Crippen molar-refractivity contribution in [1.82, 2.24) is 4.98 Å². The number of amides is 2. The first-order valence-corrected chi connectivity index (χ1v) is 7.97. The van der Waals surface area contributed by atoms with Gasteiger partial charge in [-0.05, 0) is 49.7 Å². The number of rotatable bonds is 4. The number of anilines is 2. The molecule has 0 aliphatic rings. The van der Waals surface area contributed by atoms with Crippen LogP contribution in [0.15, 0.2) is 60.8 Å². The van der Waals surface area contributed by atoms with E-state index in [9.17, 15) is 9.59 Å². The zero-order valence-corrected chi connectivity index (χ0v) is 14.1. The summed E-state index contributed by atoms with van der Waals surface area (Å²) in [6.45, 7) is 3.77. The summed E-state index contributed by atoms with van der Waals surface area (Å²) in [6.07, 6.45) is 1.72. The fraction of sp³-hybridized carbons (Fsp3) is 0.100. The normalized spacial score (nSPS) is 10.3. The number of carbonyl (C=O) groups is 2. The van der Waals surface area contributed by atoms with Gasteiger partial charge in [0.15, 0.2) is 0 Å². The minimum absolute atomic E-state index is 0.223. The van der Waals surface area contributed by atoms with Crippen LogP contribution in [0.4, 0.5) is 11.4 Å². The Morgan fingerprint density at radius 1 is 0.840 bits per heavy atom. The van der Waals surface area contributed by atoms with E-state index in [0.717, 1.165) is 11.3 Å². The van der Waals surface area contributed by atoms with Gasteiger partial charge < -0.3 is 15.6 Å². The van der Waals surface area contributed by atoms with Crippen LogP contribution in [-0.4, -0.2) is 16.8 Å². The molecule has 1 aromatic heterocycles. The van der Waals surface area contributed by atoms with E-state index < -0.39 is 0 Å². The second kappa shape index (κ2) is 7.05. The van der Waals surface area contributed by atoms with E-state index in [4.69, 9.17) is 0 Å². The average Bonchev–Trinajstić information content (AvgIpc) is 3.04. The van der Waals surface area contributed by atoms with Gasteiger partial charge in [0.25, 0.3) is 11.8 Å². The molecule has 3 N–H and O–H groups in total. The van der Waals surface area contributed by atoms with Gasteiger partial charge in [0.2, 0.25) is 0 Å². The summed E-state index contributed by atoms with van der Waals surface area (Å²) in [5.41, 5.74) is 4.03. The molecule has 0 saturated carbocycles. The van der Waals surface area contributed by atoms with Gasteiger partial charge in [0.1, 0.15) is 0 Å². The van der Waals surface area contributed by atoms with Crippen LogP contribution in [-0.2, 0) is 0 Å². The molecule has 1 heterocycles. The van der Waals surface area contributed by atoms with E-state index >= 15 is 0 Å². The van der Waals surface area contributed by atoms with Crippen LogP contribution in [0.25, 0.3) is 0 Å². The lowest BCUT2D eigenvalue weighted by molar-refractivity contribution is 0.101. The van der Waals surface area contributed by atoms with Gasteiger partial charge in [-0.1, -0.05) is 24.3 Å². The topological polar surface area (TPSA) is 74.0 Å². The minimum Gasteiger partial charge on any atom is -0.365 e. The van der Waals surface area contributed by atoms with Gasteiger partial charge >= 0.3 is 0 Å². The Bertz CT molecular complexity index is 914. The first kappa shape index (κ1) is 16.5. The second-order valence-corrected chi connectivity index (χ2v) is 5.84. The second-order valence-electron chi connectivity index (χ2n) is 5.84. The van der Waals surface area contributed by atoms with Crippen molar-refractivity contribution in [3.63, 3.8) is 0 Å².